The van der Waals surface area contributed by atoms with E-state index in [1.54, 1.807) is 29.2 Å². The van der Waals surface area contributed by atoms with Crippen LogP contribution in [-0.2, 0) is 14.4 Å². The average Bonchev–Trinajstić information content (AvgIpc) is 2.54. The molecule has 0 aliphatic carbocycles. The zero-order valence-electron chi connectivity index (χ0n) is 14.3. The third-order valence-corrected chi connectivity index (χ3v) is 4.12. The highest BCUT2D eigenvalue weighted by atomic mass is 16.2. The van der Waals surface area contributed by atoms with E-state index in [1.165, 1.54) is 6.92 Å². The quantitative estimate of drug-likeness (QED) is 0.813. The standard InChI is InChI=1S/C17H24N4O3/c1-12(22)18-13-5-4-6-14(11-13)19-16(23)17(24)21-9-7-15(8-10-21)20(2)3/h4-6,11,15H,7-10H2,1-3H3,(H,18,22)(H,19,23). The molecule has 7 nitrogen and oxygen atoms in total. The molecular weight excluding hydrogens is 308 g/mol. The van der Waals surface area contributed by atoms with Gasteiger partial charge in [0.1, 0.15) is 0 Å². The molecule has 1 aliphatic rings. The second kappa shape index (κ2) is 7.92. The zero-order valence-corrected chi connectivity index (χ0v) is 14.3. The van der Waals surface area contributed by atoms with E-state index in [4.69, 9.17) is 0 Å². The van der Waals surface area contributed by atoms with Crippen molar-refractivity contribution < 1.29 is 14.4 Å². The number of piperidine rings is 1. The topological polar surface area (TPSA) is 81.8 Å². The first kappa shape index (κ1) is 17.9. The summed E-state index contributed by atoms with van der Waals surface area (Å²) < 4.78 is 0. The SMILES string of the molecule is CC(=O)Nc1cccc(NC(=O)C(=O)N2CCC(N(C)C)CC2)c1. The van der Waals surface area contributed by atoms with Gasteiger partial charge in [-0.15, -0.1) is 0 Å². The molecule has 2 N–H and O–H groups in total. The van der Waals surface area contributed by atoms with Crippen molar-refractivity contribution in [2.45, 2.75) is 25.8 Å². The number of benzene rings is 1. The lowest BCUT2D eigenvalue weighted by Gasteiger charge is -2.34. The van der Waals surface area contributed by atoms with Gasteiger partial charge in [-0.05, 0) is 45.1 Å². The van der Waals surface area contributed by atoms with Crippen LogP contribution in [0, 0.1) is 0 Å². The van der Waals surface area contributed by atoms with Crippen molar-refractivity contribution >= 4 is 29.1 Å². The Morgan fingerprint density at radius 1 is 1.08 bits per heavy atom. The fourth-order valence-corrected chi connectivity index (χ4v) is 2.79. The first-order valence-corrected chi connectivity index (χ1v) is 8.01. The normalized spacial score (nSPS) is 15.2. The number of hydrogen-bond donors (Lipinski definition) is 2. The molecule has 1 saturated heterocycles. The minimum Gasteiger partial charge on any atom is -0.334 e. The highest BCUT2D eigenvalue weighted by Crippen LogP contribution is 2.17. The van der Waals surface area contributed by atoms with Crippen LogP contribution in [0.3, 0.4) is 0 Å². The molecule has 0 atom stereocenters. The number of likely N-dealkylation sites (tertiary alicyclic amines) is 1. The van der Waals surface area contributed by atoms with E-state index in [0.717, 1.165) is 12.8 Å². The summed E-state index contributed by atoms with van der Waals surface area (Å²) in [6, 6.07) is 7.16. The van der Waals surface area contributed by atoms with E-state index in [-0.39, 0.29) is 5.91 Å². The van der Waals surface area contributed by atoms with Crippen LogP contribution in [0.4, 0.5) is 11.4 Å². The third kappa shape index (κ3) is 4.79. The minimum atomic E-state index is -0.654. The van der Waals surface area contributed by atoms with Crippen LogP contribution >= 0.6 is 0 Å². The van der Waals surface area contributed by atoms with Gasteiger partial charge >= 0.3 is 11.8 Å². The monoisotopic (exact) mass is 332 g/mol. The lowest BCUT2D eigenvalue weighted by Crippen LogP contribution is -2.47. The van der Waals surface area contributed by atoms with Crippen LogP contribution in [0.15, 0.2) is 24.3 Å². The highest BCUT2D eigenvalue weighted by Gasteiger charge is 2.27. The fraction of sp³-hybridized carbons (Fsp3) is 0.471. The van der Waals surface area contributed by atoms with E-state index >= 15 is 0 Å². The summed E-state index contributed by atoms with van der Waals surface area (Å²) in [4.78, 5) is 39.2. The summed E-state index contributed by atoms with van der Waals surface area (Å²) >= 11 is 0. The van der Waals surface area contributed by atoms with Crippen LogP contribution in [0.25, 0.3) is 0 Å². The van der Waals surface area contributed by atoms with Crippen molar-refractivity contribution in [2.24, 2.45) is 0 Å². The zero-order chi connectivity index (χ0) is 17.7. The smallest absolute Gasteiger partial charge is 0.313 e. The predicted octanol–water partition coefficient (Wildman–Crippen LogP) is 1.14. The molecule has 7 heteroatoms. The maximum absolute atomic E-state index is 12.3. The molecule has 0 unspecified atom stereocenters. The lowest BCUT2D eigenvalue weighted by molar-refractivity contribution is -0.144. The molecular formula is C17H24N4O3. The van der Waals surface area contributed by atoms with Crippen LogP contribution < -0.4 is 10.6 Å². The average molecular weight is 332 g/mol. The van der Waals surface area contributed by atoms with Gasteiger partial charge in [0.2, 0.25) is 5.91 Å². The van der Waals surface area contributed by atoms with Gasteiger partial charge in [0.25, 0.3) is 0 Å². The molecule has 0 spiro atoms. The van der Waals surface area contributed by atoms with E-state index in [2.05, 4.69) is 15.5 Å². The molecule has 0 saturated carbocycles. The number of carbonyl (C=O) groups excluding carboxylic acids is 3. The van der Waals surface area contributed by atoms with Crippen LogP contribution in [0.5, 0.6) is 0 Å². The maximum atomic E-state index is 12.3. The Morgan fingerprint density at radius 2 is 1.67 bits per heavy atom. The van der Waals surface area contributed by atoms with Crippen molar-refractivity contribution in [3.63, 3.8) is 0 Å². The third-order valence-electron chi connectivity index (χ3n) is 4.12. The molecule has 0 bridgehead atoms. The summed E-state index contributed by atoms with van der Waals surface area (Å²) in [5.41, 5.74) is 1.04. The molecule has 1 heterocycles. The van der Waals surface area contributed by atoms with Crippen molar-refractivity contribution in [3.8, 4) is 0 Å². The number of nitrogens with one attached hydrogen (secondary N) is 2. The van der Waals surface area contributed by atoms with Crippen molar-refractivity contribution in [1.29, 1.82) is 0 Å². The highest BCUT2D eigenvalue weighted by molar-refractivity contribution is 6.39. The molecule has 130 valence electrons. The minimum absolute atomic E-state index is 0.196. The maximum Gasteiger partial charge on any atom is 0.313 e. The van der Waals surface area contributed by atoms with Crippen LogP contribution in [-0.4, -0.2) is 60.7 Å². The lowest BCUT2D eigenvalue weighted by atomic mass is 10.0. The number of rotatable bonds is 3. The molecule has 0 aromatic heterocycles. The number of hydrogen-bond acceptors (Lipinski definition) is 4. The fourth-order valence-electron chi connectivity index (χ4n) is 2.79. The van der Waals surface area contributed by atoms with Crippen molar-refractivity contribution in [1.82, 2.24) is 9.80 Å². The van der Waals surface area contributed by atoms with Crippen LogP contribution in [0.2, 0.25) is 0 Å². The molecule has 1 fully saturated rings. The second-order valence-electron chi connectivity index (χ2n) is 6.20. The Balaban J connectivity index is 1.92. The van der Waals surface area contributed by atoms with Gasteiger partial charge in [-0.1, -0.05) is 6.07 Å². The summed E-state index contributed by atoms with van der Waals surface area (Å²) in [5.74, 6) is -1.37. The van der Waals surface area contributed by atoms with Gasteiger partial charge in [-0.2, -0.15) is 0 Å². The molecule has 3 amide bonds. The van der Waals surface area contributed by atoms with Gasteiger partial charge < -0.3 is 20.4 Å². The number of nitrogens with zero attached hydrogens (tertiary/aromatic N) is 2. The van der Waals surface area contributed by atoms with E-state index in [1.807, 2.05) is 14.1 Å². The predicted molar refractivity (Wildman–Crippen MR) is 92.7 cm³/mol. The van der Waals surface area contributed by atoms with E-state index < -0.39 is 11.8 Å². The van der Waals surface area contributed by atoms with Gasteiger partial charge in [0.15, 0.2) is 0 Å². The largest absolute Gasteiger partial charge is 0.334 e. The van der Waals surface area contributed by atoms with Gasteiger partial charge in [-0.3, -0.25) is 14.4 Å². The van der Waals surface area contributed by atoms with Crippen molar-refractivity contribution in [2.75, 3.05) is 37.8 Å². The molecule has 1 aliphatic heterocycles. The van der Waals surface area contributed by atoms with Gasteiger partial charge in [-0.25, -0.2) is 0 Å². The number of amides is 3. The molecule has 2 rings (SSSR count). The number of anilines is 2. The molecule has 1 aromatic rings. The summed E-state index contributed by atoms with van der Waals surface area (Å²) in [7, 11) is 4.05. The Labute approximate surface area is 142 Å². The van der Waals surface area contributed by atoms with Crippen LogP contribution in [0.1, 0.15) is 19.8 Å². The Morgan fingerprint density at radius 3 is 2.21 bits per heavy atom. The summed E-state index contributed by atoms with van der Waals surface area (Å²) in [6.45, 7) is 2.58. The van der Waals surface area contributed by atoms with E-state index in [0.29, 0.717) is 30.5 Å². The Kier molecular flexibility index (Phi) is 5.92. The molecule has 24 heavy (non-hydrogen) atoms. The van der Waals surface area contributed by atoms with Gasteiger partial charge in [0.05, 0.1) is 0 Å². The van der Waals surface area contributed by atoms with Gasteiger partial charge in [0, 0.05) is 37.4 Å². The molecule has 0 radical (unpaired) electrons. The Hall–Kier alpha value is -2.41. The molecule has 1 aromatic carbocycles. The first-order chi connectivity index (χ1) is 11.4. The number of carbonyl (C=O) groups is 3. The summed E-state index contributed by atoms with van der Waals surface area (Å²) in [5, 5.41) is 5.23. The summed E-state index contributed by atoms with van der Waals surface area (Å²) in [6.07, 6.45) is 1.73. The van der Waals surface area contributed by atoms with Crippen molar-refractivity contribution in [3.05, 3.63) is 24.3 Å². The Bertz CT molecular complexity index is 622. The second-order valence-corrected chi connectivity index (χ2v) is 6.20. The van der Waals surface area contributed by atoms with E-state index in [9.17, 15) is 14.4 Å². The first-order valence-electron chi connectivity index (χ1n) is 8.01.